The standard InChI is InChI=1S/C11H11F3S/c12-8-4-1-3-7(10(8)13)11(14)9-5-2-6-15-9/h1,3-4,9,11H,2,5-6H2. The normalized spacial score (nSPS) is 23.0. The van der Waals surface area contributed by atoms with E-state index in [1.165, 1.54) is 23.9 Å². The van der Waals surface area contributed by atoms with Crippen molar-refractivity contribution in [3.63, 3.8) is 0 Å². The number of rotatable bonds is 2. The SMILES string of the molecule is Fc1cccc(C(F)C2CCCS2)c1F. The number of halogens is 3. The molecule has 0 nitrogen and oxygen atoms in total. The molecule has 0 amide bonds. The smallest absolute Gasteiger partial charge is 0.164 e. The van der Waals surface area contributed by atoms with Crippen molar-refractivity contribution in [3.05, 3.63) is 35.4 Å². The first kappa shape index (κ1) is 10.9. The van der Waals surface area contributed by atoms with E-state index < -0.39 is 17.8 Å². The highest BCUT2D eigenvalue weighted by Gasteiger charge is 2.29. The Kier molecular flexibility index (Phi) is 3.24. The summed E-state index contributed by atoms with van der Waals surface area (Å²) in [5.74, 6) is -1.11. The summed E-state index contributed by atoms with van der Waals surface area (Å²) < 4.78 is 40.0. The Balaban J connectivity index is 2.24. The van der Waals surface area contributed by atoms with E-state index in [-0.39, 0.29) is 10.8 Å². The molecule has 2 rings (SSSR count). The van der Waals surface area contributed by atoms with Gasteiger partial charge in [-0.05, 0) is 24.7 Å². The quantitative estimate of drug-likeness (QED) is 0.745. The van der Waals surface area contributed by atoms with Crippen molar-refractivity contribution in [1.29, 1.82) is 0 Å². The highest BCUT2D eigenvalue weighted by molar-refractivity contribution is 8.00. The Morgan fingerprint density at radius 3 is 2.80 bits per heavy atom. The van der Waals surface area contributed by atoms with Gasteiger partial charge in [-0.1, -0.05) is 12.1 Å². The maximum atomic E-state index is 13.9. The summed E-state index contributed by atoms with van der Waals surface area (Å²) in [6.45, 7) is 0. The molecule has 4 heteroatoms. The van der Waals surface area contributed by atoms with Crippen LogP contribution in [0.1, 0.15) is 24.6 Å². The lowest BCUT2D eigenvalue weighted by Crippen LogP contribution is -2.10. The van der Waals surface area contributed by atoms with Crippen LogP contribution in [0.25, 0.3) is 0 Å². The van der Waals surface area contributed by atoms with Crippen LogP contribution in [-0.2, 0) is 0 Å². The van der Waals surface area contributed by atoms with Gasteiger partial charge in [0.05, 0.1) is 0 Å². The molecule has 0 saturated carbocycles. The largest absolute Gasteiger partial charge is 0.241 e. The van der Waals surface area contributed by atoms with E-state index in [1.54, 1.807) is 0 Å². The highest BCUT2D eigenvalue weighted by atomic mass is 32.2. The van der Waals surface area contributed by atoms with Crippen LogP contribution in [0, 0.1) is 11.6 Å². The van der Waals surface area contributed by atoms with Gasteiger partial charge in [0, 0.05) is 10.8 Å². The van der Waals surface area contributed by atoms with Crippen molar-refractivity contribution in [2.75, 3.05) is 5.75 Å². The van der Waals surface area contributed by atoms with Crippen LogP contribution in [0.15, 0.2) is 18.2 Å². The van der Waals surface area contributed by atoms with Gasteiger partial charge in [0.15, 0.2) is 11.6 Å². The predicted octanol–water partition coefficient (Wildman–Crippen LogP) is 3.87. The molecule has 0 bridgehead atoms. The van der Waals surface area contributed by atoms with Gasteiger partial charge in [0.25, 0.3) is 0 Å². The summed E-state index contributed by atoms with van der Waals surface area (Å²) in [5.41, 5.74) is -0.144. The molecule has 1 saturated heterocycles. The van der Waals surface area contributed by atoms with Crippen LogP contribution in [0.4, 0.5) is 13.2 Å². The second-order valence-corrected chi connectivity index (χ2v) is 4.94. The second-order valence-electron chi connectivity index (χ2n) is 3.60. The Labute approximate surface area is 90.9 Å². The third-order valence-electron chi connectivity index (χ3n) is 2.57. The molecule has 2 unspecified atom stereocenters. The lowest BCUT2D eigenvalue weighted by molar-refractivity contribution is 0.315. The molecule has 1 aliphatic rings. The fourth-order valence-corrected chi connectivity index (χ4v) is 3.05. The van der Waals surface area contributed by atoms with Gasteiger partial charge in [-0.2, -0.15) is 11.8 Å². The number of benzene rings is 1. The first-order valence-corrected chi connectivity index (χ1v) is 5.94. The molecule has 0 N–H and O–H groups in total. The molecule has 15 heavy (non-hydrogen) atoms. The summed E-state index contributed by atoms with van der Waals surface area (Å²) in [7, 11) is 0. The molecular weight excluding hydrogens is 221 g/mol. The third kappa shape index (κ3) is 2.14. The maximum Gasteiger partial charge on any atom is 0.164 e. The van der Waals surface area contributed by atoms with E-state index in [4.69, 9.17) is 0 Å². The van der Waals surface area contributed by atoms with Crippen molar-refractivity contribution < 1.29 is 13.2 Å². The highest BCUT2D eigenvalue weighted by Crippen LogP contribution is 2.39. The molecule has 1 aliphatic heterocycles. The molecule has 1 aromatic carbocycles. The average Bonchev–Trinajstić information content (AvgIpc) is 2.74. The van der Waals surface area contributed by atoms with E-state index in [9.17, 15) is 13.2 Å². The molecule has 82 valence electrons. The number of hydrogen-bond acceptors (Lipinski definition) is 1. The van der Waals surface area contributed by atoms with Crippen molar-refractivity contribution in [2.45, 2.75) is 24.3 Å². The Morgan fingerprint density at radius 2 is 2.13 bits per heavy atom. The second kappa shape index (κ2) is 4.47. The van der Waals surface area contributed by atoms with E-state index in [0.29, 0.717) is 0 Å². The third-order valence-corrected chi connectivity index (χ3v) is 4.00. The molecule has 0 aromatic heterocycles. The van der Waals surface area contributed by atoms with E-state index in [0.717, 1.165) is 24.7 Å². The van der Waals surface area contributed by atoms with Crippen LogP contribution in [0.2, 0.25) is 0 Å². The molecule has 2 atom stereocenters. The summed E-state index contributed by atoms with van der Waals surface area (Å²) in [6, 6.07) is 3.68. The molecule has 1 fully saturated rings. The summed E-state index contributed by atoms with van der Waals surface area (Å²) >= 11 is 1.50. The average molecular weight is 232 g/mol. The van der Waals surface area contributed by atoms with Gasteiger partial charge >= 0.3 is 0 Å². The zero-order chi connectivity index (χ0) is 10.8. The topological polar surface area (TPSA) is 0 Å². The maximum absolute atomic E-state index is 13.9. The molecule has 1 heterocycles. The first-order chi connectivity index (χ1) is 7.20. The van der Waals surface area contributed by atoms with Crippen molar-refractivity contribution in [3.8, 4) is 0 Å². The minimum absolute atomic E-state index is 0.144. The van der Waals surface area contributed by atoms with Crippen LogP contribution < -0.4 is 0 Å². The monoisotopic (exact) mass is 232 g/mol. The van der Waals surface area contributed by atoms with E-state index in [2.05, 4.69) is 0 Å². The molecule has 0 aliphatic carbocycles. The summed E-state index contributed by atoms with van der Waals surface area (Å²) in [4.78, 5) is 0. The van der Waals surface area contributed by atoms with Crippen LogP contribution in [0.5, 0.6) is 0 Å². The molecule has 0 radical (unpaired) electrons. The van der Waals surface area contributed by atoms with Gasteiger partial charge in [-0.15, -0.1) is 0 Å². The van der Waals surface area contributed by atoms with Crippen molar-refractivity contribution in [1.82, 2.24) is 0 Å². The van der Waals surface area contributed by atoms with Gasteiger partial charge in [-0.3, -0.25) is 0 Å². The predicted molar refractivity (Wildman–Crippen MR) is 55.7 cm³/mol. The van der Waals surface area contributed by atoms with Gasteiger partial charge in [-0.25, -0.2) is 13.2 Å². The minimum atomic E-state index is -1.40. The first-order valence-electron chi connectivity index (χ1n) is 4.89. The Bertz CT molecular complexity index is 348. The minimum Gasteiger partial charge on any atom is -0.241 e. The van der Waals surface area contributed by atoms with Crippen molar-refractivity contribution in [2.24, 2.45) is 0 Å². The zero-order valence-electron chi connectivity index (χ0n) is 8.05. The summed E-state index contributed by atoms with van der Waals surface area (Å²) in [5, 5.41) is -0.221. The summed E-state index contributed by atoms with van der Waals surface area (Å²) in [6.07, 6.45) is 0.294. The zero-order valence-corrected chi connectivity index (χ0v) is 8.87. The number of alkyl halides is 1. The van der Waals surface area contributed by atoms with Gasteiger partial charge in [0.2, 0.25) is 0 Å². The fourth-order valence-electron chi connectivity index (χ4n) is 1.77. The van der Waals surface area contributed by atoms with Gasteiger partial charge in [0.1, 0.15) is 6.17 Å². The molecule has 0 spiro atoms. The van der Waals surface area contributed by atoms with E-state index in [1.807, 2.05) is 0 Å². The van der Waals surface area contributed by atoms with Crippen LogP contribution >= 0.6 is 11.8 Å². The van der Waals surface area contributed by atoms with E-state index >= 15 is 0 Å². The van der Waals surface area contributed by atoms with Crippen LogP contribution in [-0.4, -0.2) is 11.0 Å². The number of hydrogen-bond donors (Lipinski definition) is 0. The van der Waals surface area contributed by atoms with Crippen LogP contribution in [0.3, 0.4) is 0 Å². The number of thioether (sulfide) groups is 1. The lowest BCUT2D eigenvalue weighted by Gasteiger charge is -2.15. The van der Waals surface area contributed by atoms with Crippen molar-refractivity contribution >= 4 is 11.8 Å². The van der Waals surface area contributed by atoms with Gasteiger partial charge < -0.3 is 0 Å². The Morgan fingerprint density at radius 1 is 1.33 bits per heavy atom. The fraction of sp³-hybridized carbons (Fsp3) is 0.455. The Hall–Kier alpha value is -0.640. The molecule has 1 aromatic rings. The molecular formula is C11H11F3S. The lowest BCUT2D eigenvalue weighted by atomic mass is 10.0.